The zero-order valence-electron chi connectivity index (χ0n) is 15.2. The van der Waals surface area contributed by atoms with Crippen LogP contribution >= 0.6 is 23.2 Å². The fourth-order valence-electron chi connectivity index (χ4n) is 3.49. The van der Waals surface area contributed by atoms with Gasteiger partial charge in [0.25, 0.3) is 0 Å². The molecule has 26 heavy (non-hydrogen) atoms. The number of furan rings is 1. The van der Waals surface area contributed by atoms with Crippen LogP contribution in [0, 0.1) is 17.3 Å². The van der Waals surface area contributed by atoms with Crippen LogP contribution in [0.1, 0.15) is 37.7 Å². The van der Waals surface area contributed by atoms with E-state index in [0.29, 0.717) is 12.8 Å². The highest BCUT2D eigenvalue weighted by molar-refractivity contribution is 6.55. The Bertz CT molecular complexity index is 761. The Morgan fingerprint density at radius 1 is 1.19 bits per heavy atom. The van der Waals surface area contributed by atoms with Gasteiger partial charge in [0.1, 0.15) is 10.3 Å². The minimum Gasteiger partial charge on any atom is -0.481 e. The Morgan fingerprint density at radius 3 is 2.38 bits per heavy atom. The second-order valence-corrected chi connectivity index (χ2v) is 8.01. The van der Waals surface area contributed by atoms with Gasteiger partial charge in [-0.3, -0.25) is 4.79 Å². The van der Waals surface area contributed by atoms with E-state index in [2.05, 4.69) is 0 Å². The number of hydrogen-bond donors (Lipinski definition) is 1. The van der Waals surface area contributed by atoms with Crippen LogP contribution in [0.4, 0.5) is 0 Å². The molecule has 0 radical (unpaired) electrons. The van der Waals surface area contributed by atoms with Gasteiger partial charge < -0.3 is 9.52 Å². The molecule has 1 N–H and O–H groups in total. The van der Waals surface area contributed by atoms with Crippen molar-refractivity contribution < 1.29 is 14.3 Å². The second-order valence-electron chi connectivity index (χ2n) is 7.01. The molecule has 3 nitrogen and oxygen atoms in total. The van der Waals surface area contributed by atoms with Crippen molar-refractivity contribution in [1.82, 2.24) is 0 Å². The molecular formula is C21H24Cl2O3. The summed E-state index contributed by atoms with van der Waals surface area (Å²) < 4.78 is 5.76. The van der Waals surface area contributed by atoms with Crippen LogP contribution in [0.3, 0.4) is 0 Å². The molecule has 0 aliphatic carbocycles. The lowest BCUT2D eigenvalue weighted by Crippen LogP contribution is -2.43. The summed E-state index contributed by atoms with van der Waals surface area (Å²) in [4.78, 5) is 12.2. The summed E-state index contributed by atoms with van der Waals surface area (Å²) in [5, 5.41) is 10.0. The molecule has 0 fully saturated rings. The van der Waals surface area contributed by atoms with Gasteiger partial charge in [-0.25, -0.2) is 0 Å². The highest BCUT2D eigenvalue weighted by Gasteiger charge is 2.46. The molecule has 140 valence electrons. The van der Waals surface area contributed by atoms with Crippen molar-refractivity contribution >= 4 is 29.2 Å². The van der Waals surface area contributed by atoms with Crippen LogP contribution in [-0.2, 0) is 17.6 Å². The summed E-state index contributed by atoms with van der Waals surface area (Å²) >= 11 is 11.6. The Hall–Kier alpha value is -1.71. The van der Waals surface area contributed by atoms with E-state index in [1.165, 1.54) is 0 Å². The minimum atomic E-state index is -1.02. The van der Waals surface area contributed by atoms with E-state index < -0.39 is 11.4 Å². The smallest absolute Gasteiger partial charge is 0.310 e. The van der Waals surface area contributed by atoms with Crippen LogP contribution in [0.15, 0.2) is 57.6 Å². The quantitative estimate of drug-likeness (QED) is 0.588. The Morgan fingerprint density at radius 2 is 1.85 bits per heavy atom. The van der Waals surface area contributed by atoms with Crippen molar-refractivity contribution in [3.63, 3.8) is 0 Å². The third-order valence-electron chi connectivity index (χ3n) is 5.04. The summed E-state index contributed by atoms with van der Waals surface area (Å²) in [5.41, 5.74) is 0.980. The van der Waals surface area contributed by atoms with Crippen molar-refractivity contribution in [3.8, 4) is 0 Å². The Labute approximate surface area is 164 Å². The Kier molecular flexibility index (Phi) is 6.96. The molecular weight excluding hydrogens is 371 g/mol. The van der Waals surface area contributed by atoms with E-state index in [1.54, 1.807) is 12.3 Å². The number of aliphatic carboxylic acids is 1. The molecule has 0 aliphatic heterocycles. The maximum absolute atomic E-state index is 12.2. The van der Waals surface area contributed by atoms with Gasteiger partial charge in [-0.2, -0.15) is 0 Å². The predicted octanol–water partition coefficient (Wildman–Crippen LogP) is 6.10. The zero-order chi connectivity index (χ0) is 19.3. The summed E-state index contributed by atoms with van der Waals surface area (Å²) in [6.45, 7) is 5.65. The monoisotopic (exact) mass is 394 g/mol. The van der Waals surface area contributed by atoms with Crippen molar-refractivity contribution in [2.24, 2.45) is 17.3 Å². The lowest BCUT2D eigenvalue weighted by Gasteiger charge is -2.37. The lowest BCUT2D eigenvalue weighted by atomic mass is 9.65. The molecule has 2 aromatic rings. The van der Waals surface area contributed by atoms with Crippen LogP contribution in [-0.4, -0.2) is 11.1 Å². The van der Waals surface area contributed by atoms with Crippen LogP contribution in [0.2, 0.25) is 0 Å². The average molecular weight is 395 g/mol. The summed E-state index contributed by atoms with van der Waals surface area (Å²) in [7, 11) is 0. The fraction of sp³-hybridized carbons (Fsp3) is 0.381. The van der Waals surface area contributed by atoms with Gasteiger partial charge >= 0.3 is 5.97 Å². The number of halogens is 2. The normalized spacial score (nSPS) is 14.7. The average Bonchev–Trinajstić information content (AvgIpc) is 2.99. The largest absolute Gasteiger partial charge is 0.481 e. The van der Waals surface area contributed by atoms with E-state index in [-0.39, 0.29) is 16.3 Å². The molecule has 0 bridgehead atoms. The van der Waals surface area contributed by atoms with Crippen LogP contribution in [0.5, 0.6) is 0 Å². The van der Waals surface area contributed by atoms with Gasteiger partial charge in [0, 0.05) is 6.42 Å². The minimum absolute atomic E-state index is 0.0840. The molecule has 1 aromatic carbocycles. The molecule has 0 amide bonds. The molecule has 2 atom stereocenters. The summed E-state index contributed by atoms with van der Waals surface area (Å²) in [6, 6.07) is 11.9. The van der Waals surface area contributed by atoms with E-state index in [9.17, 15) is 9.90 Å². The summed E-state index contributed by atoms with van der Waals surface area (Å²) in [6.07, 6.45) is 4.27. The number of rotatable bonds is 8. The van der Waals surface area contributed by atoms with Gasteiger partial charge in [-0.05, 0) is 35.4 Å². The van der Waals surface area contributed by atoms with Crippen molar-refractivity contribution in [2.75, 3.05) is 0 Å². The number of allylic oxidation sites excluding steroid dienone is 1. The predicted molar refractivity (Wildman–Crippen MR) is 106 cm³/mol. The Balaban J connectivity index is 2.29. The number of carboxylic acid groups (broad SMARTS) is 1. The number of benzene rings is 1. The standard InChI is InChI=1S/C21H24Cl2O3/c1-14(2)21(20(24)25,15(3)9-19(22)23)12-17-11-18(26-13-17)10-16-7-5-4-6-8-16/h4-9,11,13-15H,10,12H2,1-3H3,(H,24,25). The third-order valence-corrected chi connectivity index (χ3v) is 5.29. The topological polar surface area (TPSA) is 50.4 Å². The fourth-order valence-corrected chi connectivity index (χ4v) is 3.87. The van der Waals surface area contributed by atoms with E-state index in [4.69, 9.17) is 27.6 Å². The third kappa shape index (κ3) is 4.72. The second kappa shape index (κ2) is 8.79. The van der Waals surface area contributed by atoms with E-state index in [1.807, 2.05) is 57.2 Å². The van der Waals surface area contributed by atoms with Crippen molar-refractivity contribution in [3.05, 3.63) is 70.1 Å². The first-order valence-electron chi connectivity index (χ1n) is 8.62. The number of carboxylic acids is 1. The van der Waals surface area contributed by atoms with Crippen LogP contribution in [0.25, 0.3) is 0 Å². The molecule has 2 rings (SSSR count). The van der Waals surface area contributed by atoms with Crippen LogP contribution < -0.4 is 0 Å². The molecule has 0 aliphatic rings. The lowest BCUT2D eigenvalue weighted by molar-refractivity contribution is -0.154. The van der Waals surface area contributed by atoms with Gasteiger partial charge in [0.05, 0.1) is 11.7 Å². The zero-order valence-corrected chi connectivity index (χ0v) is 16.7. The maximum atomic E-state index is 12.2. The molecule has 0 spiro atoms. The first-order valence-corrected chi connectivity index (χ1v) is 9.37. The first-order chi connectivity index (χ1) is 12.3. The van der Waals surface area contributed by atoms with Gasteiger partial charge in [0.15, 0.2) is 0 Å². The highest BCUT2D eigenvalue weighted by Crippen LogP contribution is 2.42. The molecule has 0 saturated heterocycles. The molecule has 2 unspecified atom stereocenters. The SMILES string of the molecule is CC(C)C(Cc1coc(Cc2ccccc2)c1)(C(=O)O)C(C)C=C(Cl)Cl. The van der Waals surface area contributed by atoms with Crippen molar-refractivity contribution in [1.29, 1.82) is 0 Å². The van der Waals surface area contributed by atoms with Gasteiger partial charge in [-0.15, -0.1) is 0 Å². The molecule has 1 aromatic heterocycles. The highest BCUT2D eigenvalue weighted by atomic mass is 35.5. The molecule has 5 heteroatoms. The number of carbonyl (C=O) groups is 1. The van der Waals surface area contributed by atoms with Crippen molar-refractivity contribution in [2.45, 2.75) is 33.6 Å². The van der Waals surface area contributed by atoms with Gasteiger partial charge in [0.2, 0.25) is 0 Å². The summed E-state index contributed by atoms with van der Waals surface area (Å²) in [5.74, 6) is -0.506. The van der Waals surface area contributed by atoms with E-state index >= 15 is 0 Å². The molecule has 0 saturated carbocycles. The van der Waals surface area contributed by atoms with Gasteiger partial charge in [-0.1, -0.05) is 80.4 Å². The first kappa shape index (κ1) is 20.6. The molecule has 1 heterocycles. The van der Waals surface area contributed by atoms with E-state index in [0.717, 1.165) is 16.9 Å². The number of hydrogen-bond acceptors (Lipinski definition) is 2. The maximum Gasteiger partial charge on any atom is 0.310 e.